The zero-order valence-corrected chi connectivity index (χ0v) is 11.2. The zero-order chi connectivity index (χ0) is 13.5. The van der Waals surface area contributed by atoms with Gasteiger partial charge in [-0.2, -0.15) is 0 Å². The summed E-state index contributed by atoms with van der Waals surface area (Å²) in [7, 11) is 0. The summed E-state index contributed by atoms with van der Waals surface area (Å²) in [5, 5.41) is 23.4. The van der Waals surface area contributed by atoms with Crippen LogP contribution >= 0.6 is 0 Å². The molecule has 1 aliphatic rings. The van der Waals surface area contributed by atoms with Crippen LogP contribution in [0.4, 0.5) is 5.69 Å². The predicted octanol–water partition coefficient (Wildman–Crippen LogP) is 1.71. The first kappa shape index (κ1) is 13.2. The molecule has 0 saturated heterocycles. The second kappa shape index (κ2) is 4.44. The summed E-state index contributed by atoms with van der Waals surface area (Å²) in [5.74, 6) is 0.100. The van der Waals surface area contributed by atoms with Crippen LogP contribution in [-0.4, -0.2) is 21.8 Å². The fourth-order valence-corrected chi connectivity index (χ4v) is 2.61. The van der Waals surface area contributed by atoms with Crippen molar-refractivity contribution >= 4 is 5.69 Å². The second-order valence-corrected chi connectivity index (χ2v) is 6.05. The lowest BCUT2D eigenvalue weighted by atomic mass is 9.83. The zero-order valence-electron chi connectivity index (χ0n) is 11.2. The molecule has 1 aliphatic carbocycles. The maximum atomic E-state index is 10.4. The number of hydrogen-bond donors (Lipinski definition) is 4. The number of aliphatic hydroxyl groups is 1. The second-order valence-electron chi connectivity index (χ2n) is 6.05. The molecule has 0 aromatic heterocycles. The van der Waals surface area contributed by atoms with Crippen molar-refractivity contribution in [1.82, 2.24) is 5.32 Å². The number of nitrogens with one attached hydrogen (secondary N) is 1. The Labute approximate surface area is 108 Å². The Morgan fingerprint density at radius 1 is 1.33 bits per heavy atom. The van der Waals surface area contributed by atoms with Crippen molar-refractivity contribution in [3.05, 3.63) is 23.3 Å². The summed E-state index contributed by atoms with van der Waals surface area (Å²) in [6.07, 6.45) is 1.02. The molecule has 0 radical (unpaired) electrons. The minimum atomic E-state index is -0.573. The van der Waals surface area contributed by atoms with Gasteiger partial charge in [0.1, 0.15) is 5.75 Å². The molecular weight excluding hydrogens is 228 g/mol. The first-order valence-electron chi connectivity index (χ1n) is 6.35. The summed E-state index contributed by atoms with van der Waals surface area (Å²) in [4.78, 5) is 0. The molecule has 5 N–H and O–H groups in total. The van der Waals surface area contributed by atoms with E-state index >= 15 is 0 Å². The van der Waals surface area contributed by atoms with Crippen molar-refractivity contribution in [1.29, 1.82) is 0 Å². The molecular formula is C14H22N2O2. The molecule has 0 bridgehead atoms. The third-order valence-corrected chi connectivity index (χ3v) is 3.39. The van der Waals surface area contributed by atoms with E-state index in [1.807, 2.05) is 0 Å². The largest absolute Gasteiger partial charge is 0.506 e. The van der Waals surface area contributed by atoms with Crippen LogP contribution in [0.25, 0.3) is 0 Å². The van der Waals surface area contributed by atoms with E-state index in [-0.39, 0.29) is 17.3 Å². The van der Waals surface area contributed by atoms with Gasteiger partial charge in [0.25, 0.3) is 0 Å². The SMILES string of the molecule is CC(C)(C)NC1CCc2c(ccc(O)c2N)C1O. The van der Waals surface area contributed by atoms with Crippen molar-refractivity contribution in [3.8, 4) is 5.75 Å². The van der Waals surface area contributed by atoms with Gasteiger partial charge in [-0.15, -0.1) is 0 Å². The van der Waals surface area contributed by atoms with Gasteiger partial charge in [0.15, 0.2) is 0 Å². The lowest BCUT2D eigenvalue weighted by Gasteiger charge is -2.36. The number of benzene rings is 1. The van der Waals surface area contributed by atoms with E-state index in [4.69, 9.17) is 5.73 Å². The molecule has 1 aromatic carbocycles. The van der Waals surface area contributed by atoms with Gasteiger partial charge in [-0.05, 0) is 50.8 Å². The van der Waals surface area contributed by atoms with Crippen molar-refractivity contribution in [2.45, 2.75) is 51.3 Å². The number of aliphatic hydroxyl groups excluding tert-OH is 1. The van der Waals surface area contributed by atoms with Crippen LogP contribution in [-0.2, 0) is 6.42 Å². The van der Waals surface area contributed by atoms with Gasteiger partial charge in [0.2, 0.25) is 0 Å². The van der Waals surface area contributed by atoms with E-state index in [1.54, 1.807) is 12.1 Å². The minimum Gasteiger partial charge on any atom is -0.506 e. The molecule has 0 saturated carbocycles. The quantitative estimate of drug-likeness (QED) is 0.452. The van der Waals surface area contributed by atoms with Crippen molar-refractivity contribution in [2.75, 3.05) is 5.73 Å². The molecule has 2 atom stereocenters. The van der Waals surface area contributed by atoms with Crippen LogP contribution in [0.15, 0.2) is 12.1 Å². The molecule has 1 aromatic rings. The van der Waals surface area contributed by atoms with E-state index < -0.39 is 6.10 Å². The summed E-state index contributed by atoms with van der Waals surface area (Å²) >= 11 is 0. The summed E-state index contributed by atoms with van der Waals surface area (Å²) in [6.45, 7) is 6.25. The molecule has 18 heavy (non-hydrogen) atoms. The van der Waals surface area contributed by atoms with Gasteiger partial charge >= 0.3 is 0 Å². The molecule has 2 rings (SSSR count). The highest BCUT2D eigenvalue weighted by Crippen LogP contribution is 2.37. The molecule has 0 heterocycles. The first-order chi connectivity index (χ1) is 8.29. The molecule has 4 heteroatoms. The van der Waals surface area contributed by atoms with Gasteiger partial charge in [-0.25, -0.2) is 0 Å². The number of anilines is 1. The van der Waals surface area contributed by atoms with Gasteiger partial charge in [0.05, 0.1) is 11.8 Å². The Hall–Kier alpha value is -1.26. The van der Waals surface area contributed by atoms with E-state index in [1.165, 1.54) is 0 Å². The number of fused-ring (bicyclic) bond motifs is 1. The minimum absolute atomic E-state index is 0.0291. The van der Waals surface area contributed by atoms with Gasteiger partial charge in [0, 0.05) is 11.6 Å². The van der Waals surface area contributed by atoms with E-state index in [0.717, 1.165) is 24.0 Å². The Balaban J connectivity index is 2.29. The van der Waals surface area contributed by atoms with Crippen LogP contribution in [0.5, 0.6) is 5.75 Å². The summed E-state index contributed by atoms with van der Waals surface area (Å²) < 4.78 is 0. The topological polar surface area (TPSA) is 78.5 Å². The highest BCUT2D eigenvalue weighted by atomic mass is 16.3. The molecule has 0 fully saturated rings. The van der Waals surface area contributed by atoms with Crippen molar-refractivity contribution in [3.63, 3.8) is 0 Å². The predicted molar refractivity (Wildman–Crippen MR) is 72.5 cm³/mol. The van der Waals surface area contributed by atoms with Gasteiger partial charge in [-0.3, -0.25) is 0 Å². The van der Waals surface area contributed by atoms with Crippen LogP contribution < -0.4 is 11.1 Å². The maximum Gasteiger partial charge on any atom is 0.138 e. The fourth-order valence-electron chi connectivity index (χ4n) is 2.61. The molecule has 0 amide bonds. The van der Waals surface area contributed by atoms with E-state index in [2.05, 4.69) is 26.1 Å². The number of phenols is 1. The Kier molecular flexibility index (Phi) is 3.25. The Morgan fingerprint density at radius 3 is 2.61 bits per heavy atom. The van der Waals surface area contributed by atoms with Crippen LogP contribution in [0, 0.1) is 0 Å². The normalized spacial score (nSPS) is 23.8. The lowest BCUT2D eigenvalue weighted by molar-refractivity contribution is 0.100. The Morgan fingerprint density at radius 2 is 2.00 bits per heavy atom. The number of nitrogen functional groups attached to an aromatic ring is 1. The lowest BCUT2D eigenvalue weighted by Crippen LogP contribution is -2.48. The molecule has 0 spiro atoms. The highest BCUT2D eigenvalue weighted by Gasteiger charge is 2.31. The number of phenolic OH excluding ortho intramolecular Hbond substituents is 1. The standard InChI is InChI=1S/C14H22N2O2/c1-14(2,3)16-10-6-4-8-9(13(10)18)5-7-11(17)12(8)15/h5,7,10,13,16-18H,4,6,15H2,1-3H3. The number of aromatic hydroxyl groups is 1. The van der Waals surface area contributed by atoms with Crippen LogP contribution in [0.1, 0.15) is 44.4 Å². The average Bonchev–Trinajstić information content (AvgIpc) is 2.26. The third-order valence-electron chi connectivity index (χ3n) is 3.39. The van der Waals surface area contributed by atoms with Gasteiger partial charge in [-0.1, -0.05) is 6.07 Å². The fraction of sp³-hybridized carbons (Fsp3) is 0.571. The maximum absolute atomic E-state index is 10.4. The Bertz CT molecular complexity index is 452. The van der Waals surface area contributed by atoms with Crippen LogP contribution in [0.2, 0.25) is 0 Å². The molecule has 4 nitrogen and oxygen atoms in total. The number of nitrogens with two attached hydrogens (primary N) is 1. The van der Waals surface area contributed by atoms with Gasteiger partial charge < -0.3 is 21.3 Å². The van der Waals surface area contributed by atoms with E-state index in [0.29, 0.717) is 5.69 Å². The smallest absolute Gasteiger partial charge is 0.138 e. The number of rotatable bonds is 1. The highest BCUT2D eigenvalue weighted by molar-refractivity contribution is 5.62. The molecule has 2 unspecified atom stereocenters. The van der Waals surface area contributed by atoms with Crippen molar-refractivity contribution in [2.24, 2.45) is 0 Å². The average molecular weight is 250 g/mol. The first-order valence-corrected chi connectivity index (χ1v) is 6.35. The van der Waals surface area contributed by atoms with E-state index in [9.17, 15) is 10.2 Å². The summed E-state index contributed by atoms with van der Waals surface area (Å²) in [5.41, 5.74) is 7.94. The molecule has 0 aliphatic heterocycles. The third kappa shape index (κ3) is 2.44. The molecule has 100 valence electrons. The number of hydrogen-bond acceptors (Lipinski definition) is 4. The van der Waals surface area contributed by atoms with Crippen molar-refractivity contribution < 1.29 is 10.2 Å². The monoisotopic (exact) mass is 250 g/mol. The summed E-state index contributed by atoms with van der Waals surface area (Å²) in [6, 6.07) is 3.35. The van der Waals surface area contributed by atoms with Crippen LogP contribution in [0.3, 0.4) is 0 Å².